The van der Waals surface area contributed by atoms with Gasteiger partial charge in [-0.3, -0.25) is 4.79 Å². The van der Waals surface area contributed by atoms with E-state index in [1.807, 2.05) is 18.2 Å². The van der Waals surface area contributed by atoms with Crippen LogP contribution in [0.3, 0.4) is 0 Å². The molecule has 0 aromatic heterocycles. The first-order valence-electron chi connectivity index (χ1n) is 6.26. The van der Waals surface area contributed by atoms with Gasteiger partial charge in [-0.25, -0.2) is 0 Å². The normalized spacial score (nSPS) is 10.9. The molecule has 17 heavy (non-hydrogen) atoms. The maximum absolute atomic E-state index is 10.8. The van der Waals surface area contributed by atoms with E-state index in [4.69, 9.17) is 4.74 Å². The van der Waals surface area contributed by atoms with Crippen molar-refractivity contribution in [3.8, 4) is 5.75 Å². The van der Waals surface area contributed by atoms with Crippen molar-refractivity contribution in [3.05, 3.63) is 29.3 Å². The average molecular weight is 234 g/mol. The fraction of sp³-hybridized carbons (Fsp3) is 0.533. The molecule has 0 bridgehead atoms. The van der Waals surface area contributed by atoms with E-state index < -0.39 is 0 Å². The van der Waals surface area contributed by atoms with Crippen LogP contribution in [0.1, 0.15) is 56.0 Å². The van der Waals surface area contributed by atoms with Crippen LogP contribution in [0.2, 0.25) is 0 Å². The monoisotopic (exact) mass is 234 g/mol. The van der Waals surface area contributed by atoms with Crippen molar-refractivity contribution in [1.29, 1.82) is 0 Å². The van der Waals surface area contributed by atoms with E-state index in [-0.39, 0.29) is 0 Å². The Morgan fingerprint density at radius 2 is 1.94 bits per heavy atom. The van der Waals surface area contributed by atoms with E-state index in [9.17, 15) is 4.79 Å². The summed E-state index contributed by atoms with van der Waals surface area (Å²) >= 11 is 0. The standard InChI is InChI=1S/C15H22O2/c1-11(2)7-8-17-15-6-5-13(10-16)9-14(15)12(3)4/h5-6,9-12H,7-8H2,1-4H3. The van der Waals surface area contributed by atoms with Gasteiger partial charge in [-0.05, 0) is 42.0 Å². The minimum atomic E-state index is 0.365. The Morgan fingerprint density at radius 1 is 1.24 bits per heavy atom. The average Bonchev–Trinajstić information content (AvgIpc) is 2.28. The van der Waals surface area contributed by atoms with Crippen molar-refractivity contribution in [2.45, 2.75) is 40.0 Å². The minimum Gasteiger partial charge on any atom is -0.493 e. The van der Waals surface area contributed by atoms with Gasteiger partial charge in [0, 0.05) is 5.56 Å². The van der Waals surface area contributed by atoms with Gasteiger partial charge in [0.1, 0.15) is 12.0 Å². The first-order valence-corrected chi connectivity index (χ1v) is 6.26. The summed E-state index contributed by atoms with van der Waals surface area (Å²) in [5.74, 6) is 1.92. The Bertz CT molecular complexity index is 367. The molecule has 0 amide bonds. The van der Waals surface area contributed by atoms with Crippen LogP contribution in [-0.4, -0.2) is 12.9 Å². The molecule has 0 radical (unpaired) electrons. The number of aldehydes is 1. The van der Waals surface area contributed by atoms with Crippen LogP contribution >= 0.6 is 0 Å². The summed E-state index contributed by atoms with van der Waals surface area (Å²) in [4.78, 5) is 10.8. The van der Waals surface area contributed by atoms with Gasteiger partial charge < -0.3 is 4.74 Å². The number of rotatable bonds is 6. The minimum absolute atomic E-state index is 0.365. The maximum atomic E-state index is 10.8. The Kier molecular flexibility index (Phi) is 5.20. The second-order valence-corrected chi connectivity index (χ2v) is 5.10. The summed E-state index contributed by atoms with van der Waals surface area (Å²) in [5, 5.41) is 0. The molecule has 2 nitrogen and oxygen atoms in total. The quantitative estimate of drug-likeness (QED) is 0.694. The van der Waals surface area contributed by atoms with Gasteiger partial charge in [0.25, 0.3) is 0 Å². The molecule has 0 atom stereocenters. The highest BCUT2D eigenvalue weighted by molar-refractivity contribution is 5.75. The molecule has 0 heterocycles. The molecule has 0 unspecified atom stereocenters. The maximum Gasteiger partial charge on any atom is 0.150 e. The molecule has 94 valence electrons. The summed E-state index contributed by atoms with van der Waals surface area (Å²) in [7, 11) is 0. The van der Waals surface area contributed by atoms with E-state index in [1.165, 1.54) is 0 Å². The molecule has 0 spiro atoms. The smallest absolute Gasteiger partial charge is 0.150 e. The molecule has 0 aliphatic carbocycles. The highest BCUT2D eigenvalue weighted by Crippen LogP contribution is 2.27. The number of benzene rings is 1. The van der Waals surface area contributed by atoms with E-state index in [0.29, 0.717) is 17.4 Å². The lowest BCUT2D eigenvalue weighted by atomic mass is 10.00. The van der Waals surface area contributed by atoms with Crippen molar-refractivity contribution in [2.75, 3.05) is 6.61 Å². The highest BCUT2D eigenvalue weighted by Gasteiger charge is 2.09. The van der Waals surface area contributed by atoms with Crippen LogP contribution in [-0.2, 0) is 0 Å². The highest BCUT2D eigenvalue weighted by atomic mass is 16.5. The summed E-state index contributed by atoms with van der Waals surface area (Å²) in [6, 6.07) is 5.63. The number of carbonyl (C=O) groups excluding carboxylic acids is 1. The topological polar surface area (TPSA) is 26.3 Å². The third kappa shape index (κ3) is 4.22. The summed E-state index contributed by atoms with van der Waals surface area (Å²) in [6.45, 7) is 9.32. The van der Waals surface area contributed by atoms with Gasteiger partial charge in [-0.2, -0.15) is 0 Å². The molecule has 1 aromatic rings. The number of carbonyl (C=O) groups is 1. The van der Waals surface area contributed by atoms with E-state index >= 15 is 0 Å². The van der Waals surface area contributed by atoms with Gasteiger partial charge in [0.05, 0.1) is 6.61 Å². The fourth-order valence-corrected chi connectivity index (χ4v) is 1.63. The summed E-state index contributed by atoms with van der Waals surface area (Å²) in [5.41, 5.74) is 1.82. The Labute approximate surface area is 104 Å². The van der Waals surface area contributed by atoms with Crippen LogP contribution in [0.25, 0.3) is 0 Å². The molecule has 0 aliphatic heterocycles. The third-order valence-electron chi connectivity index (χ3n) is 2.74. The molecule has 1 aromatic carbocycles. The first kappa shape index (κ1) is 13.8. The zero-order valence-corrected chi connectivity index (χ0v) is 11.2. The van der Waals surface area contributed by atoms with Gasteiger partial charge >= 0.3 is 0 Å². The van der Waals surface area contributed by atoms with E-state index in [0.717, 1.165) is 30.6 Å². The van der Waals surface area contributed by atoms with Crippen LogP contribution in [0, 0.1) is 5.92 Å². The SMILES string of the molecule is CC(C)CCOc1ccc(C=O)cc1C(C)C. The van der Waals surface area contributed by atoms with Gasteiger partial charge in [0.2, 0.25) is 0 Å². The number of ether oxygens (including phenoxy) is 1. The van der Waals surface area contributed by atoms with E-state index in [1.54, 1.807) is 0 Å². The zero-order chi connectivity index (χ0) is 12.8. The van der Waals surface area contributed by atoms with Crippen molar-refractivity contribution >= 4 is 6.29 Å². The van der Waals surface area contributed by atoms with Crippen molar-refractivity contribution in [1.82, 2.24) is 0 Å². The lowest BCUT2D eigenvalue weighted by Crippen LogP contribution is -2.04. The lowest BCUT2D eigenvalue weighted by Gasteiger charge is -2.15. The second kappa shape index (κ2) is 6.43. The van der Waals surface area contributed by atoms with E-state index in [2.05, 4.69) is 27.7 Å². The fourth-order valence-electron chi connectivity index (χ4n) is 1.63. The molecule has 2 heteroatoms. The summed E-state index contributed by atoms with van der Waals surface area (Å²) < 4.78 is 5.79. The predicted molar refractivity (Wildman–Crippen MR) is 70.9 cm³/mol. The summed E-state index contributed by atoms with van der Waals surface area (Å²) in [6.07, 6.45) is 1.93. The number of hydrogen-bond acceptors (Lipinski definition) is 2. The van der Waals surface area contributed by atoms with Crippen LogP contribution in [0.15, 0.2) is 18.2 Å². The molecule has 0 saturated heterocycles. The molecule has 0 fully saturated rings. The van der Waals surface area contributed by atoms with Crippen molar-refractivity contribution in [3.63, 3.8) is 0 Å². The van der Waals surface area contributed by atoms with Gasteiger partial charge in [-0.15, -0.1) is 0 Å². The predicted octanol–water partition coefficient (Wildman–Crippen LogP) is 4.05. The Balaban J connectivity index is 2.79. The largest absolute Gasteiger partial charge is 0.493 e. The van der Waals surface area contributed by atoms with Crippen LogP contribution in [0.5, 0.6) is 5.75 Å². The Morgan fingerprint density at radius 3 is 2.47 bits per heavy atom. The molecule has 0 N–H and O–H groups in total. The first-order chi connectivity index (χ1) is 8.04. The zero-order valence-electron chi connectivity index (χ0n) is 11.2. The van der Waals surface area contributed by atoms with Gasteiger partial charge in [0.15, 0.2) is 0 Å². The van der Waals surface area contributed by atoms with Crippen LogP contribution < -0.4 is 4.74 Å². The molecule has 0 aliphatic rings. The third-order valence-corrected chi connectivity index (χ3v) is 2.74. The molecular weight excluding hydrogens is 212 g/mol. The van der Waals surface area contributed by atoms with Crippen LogP contribution in [0.4, 0.5) is 0 Å². The Hall–Kier alpha value is -1.31. The molecule has 0 saturated carbocycles. The lowest BCUT2D eigenvalue weighted by molar-refractivity contribution is 0.112. The van der Waals surface area contributed by atoms with Crippen molar-refractivity contribution < 1.29 is 9.53 Å². The molecular formula is C15H22O2. The van der Waals surface area contributed by atoms with Gasteiger partial charge in [-0.1, -0.05) is 27.7 Å². The second-order valence-electron chi connectivity index (χ2n) is 5.10. The van der Waals surface area contributed by atoms with Crippen molar-refractivity contribution in [2.24, 2.45) is 5.92 Å². The molecule has 1 rings (SSSR count). The number of hydrogen-bond donors (Lipinski definition) is 0.